The van der Waals surface area contributed by atoms with E-state index in [-0.39, 0.29) is 17.6 Å². The average molecular weight is 209 g/mol. The van der Waals surface area contributed by atoms with Crippen molar-refractivity contribution in [3.05, 3.63) is 42.2 Å². The number of halogens is 1. The minimum atomic E-state index is -0.346. The van der Waals surface area contributed by atoms with Gasteiger partial charge in [-0.1, -0.05) is 12.1 Å². The molecule has 0 amide bonds. The third kappa shape index (κ3) is 3.36. The van der Waals surface area contributed by atoms with Gasteiger partial charge in [-0.25, -0.2) is 4.39 Å². The fourth-order valence-corrected chi connectivity index (χ4v) is 1.44. The molecule has 0 aliphatic rings. The van der Waals surface area contributed by atoms with Gasteiger partial charge in [0.05, 0.1) is 7.11 Å². The fraction of sp³-hybridized carbons (Fsp3) is 0.333. The van der Waals surface area contributed by atoms with E-state index in [0.717, 1.165) is 12.0 Å². The summed E-state index contributed by atoms with van der Waals surface area (Å²) in [5, 5.41) is 0. The van der Waals surface area contributed by atoms with Crippen molar-refractivity contribution in [3.8, 4) is 5.75 Å². The van der Waals surface area contributed by atoms with Crippen LogP contribution in [0.1, 0.15) is 12.0 Å². The van der Waals surface area contributed by atoms with Crippen molar-refractivity contribution < 1.29 is 9.13 Å². The fourth-order valence-electron chi connectivity index (χ4n) is 1.44. The Morgan fingerprint density at radius 1 is 1.60 bits per heavy atom. The summed E-state index contributed by atoms with van der Waals surface area (Å²) in [6.07, 6.45) is 3.14. The van der Waals surface area contributed by atoms with Gasteiger partial charge in [0.25, 0.3) is 0 Å². The molecule has 3 heteroatoms. The number of hydrogen-bond acceptors (Lipinski definition) is 2. The van der Waals surface area contributed by atoms with Gasteiger partial charge < -0.3 is 10.5 Å². The Bertz CT molecular complexity index is 338. The van der Waals surface area contributed by atoms with Crippen LogP contribution in [0.2, 0.25) is 0 Å². The number of methoxy groups -OCH3 is 1. The second kappa shape index (κ2) is 5.51. The third-order valence-corrected chi connectivity index (χ3v) is 2.18. The van der Waals surface area contributed by atoms with Crippen LogP contribution in [0.4, 0.5) is 4.39 Å². The first-order valence-corrected chi connectivity index (χ1v) is 4.86. The normalized spacial score (nSPS) is 12.2. The summed E-state index contributed by atoms with van der Waals surface area (Å²) in [4.78, 5) is 0. The molecular weight excluding hydrogens is 193 g/mol. The second-order valence-corrected chi connectivity index (χ2v) is 3.46. The van der Waals surface area contributed by atoms with Crippen LogP contribution in [0.15, 0.2) is 30.9 Å². The predicted octanol–water partition coefficient (Wildman–Crippen LogP) is 2.28. The van der Waals surface area contributed by atoms with E-state index in [0.29, 0.717) is 6.42 Å². The Morgan fingerprint density at radius 3 is 2.87 bits per heavy atom. The van der Waals surface area contributed by atoms with Crippen LogP contribution in [0.5, 0.6) is 5.75 Å². The van der Waals surface area contributed by atoms with E-state index in [9.17, 15) is 4.39 Å². The van der Waals surface area contributed by atoms with Gasteiger partial charge in [0, 0.05) is 6.04 Å². The van der Waals surface area contributed by atoms with Crippen LogP contribution in [0, 0.1) is 5.82 Å². The van der Waals surface area contributed by atoms with Crippen molar-refractivity contribution in [1.82, 2.24) is 0 Å². The van der Waals surface area contributed by atoms with Crippen LogP contribution in [0.25, 0.3) is 0 Å². The predicted molar refractivity (Wildman–Crippen MR) is 59.4 cm³/mol. The van der Waals surface area contributed by atoms with Crippen molar-refractivity contribution in [2.45, 2.75) is 18.9 Å². The Labute approximate surface area is 89.6 Å². The highest BCUT2D eigenvalue weighted by molar-refractivity contribution is 5.29. The molecule has 2 N–H and O–H groups in total. The highest BCUT2D eigenvalue weighted by Crippen LogP contribution is 2.18. The third-order valence-electron chi connectivity index (χ3n) is 2.18. The maximum Gasteiger partial charge on any atom is 0.165 e. The molecule has 0 saturated heterocycles. The van der Waals surface area contributed by atoms with E-state index in [4.69, 9.17) is 10.5 Å². The number of rotatable bonds is 5. The van der Waals surface area contributed by atoms with Crippen molar-refractivity contribution in [2.75, 3.05) is 7.11 Å². The molecule has 0 spiro atoms. The molecule has 1 aromatic rings. The van der Waals surface area contributed by atoms with Crippen LogP contribution >= 0.6 is 0 Å². The Balaban J connectivity index is 2.70. The molecule has 0 bridgehead atoms. The largest absolute Gasteiger partial charge is 0.494 e. The molecule has 1 unspecified atom stereocenters. The van der Waals surface area contributed by atoms with Gasteiger partial charge in [0.2, 0.25) is 0 Å². The lowest BCUT2D eigenvalue weighted by Gasteiger charge is -2.10. The lowest BCUT2D eigenvalue weighted by molar-refractivity contribution is 0.386. The first-order chi connectivity index (χ1) is 7.17. The van der Waals surface area contributed by atoms with E-state index in [1.54, 1.807) is 12.1 Å². The van der Waals surface area contributed by atoms with Gasteiger partial charge in [0.15, 0.2) is 11.6 Å². The summed E-state index contributed by atoms with van der Waals surface area (Å²) in [5.74, 6) is -0.0863. The summed E-state index contributed by atoms with van der Waals surface area (Å²) >= 11 is 0. The van der Waals surface area contributed by atoms with Crippen molar-refractivity contribution in [3.63, 3.8) is 0 Å². The molecule has 0 aliphatic heterocycles. The van der Waals surface area contributed by atoms with Gasteiger partial charge in [0.1, 0.15) is 0 Å². The molecule has 0 fully saturated rings. The molecule has 1 atom stereocenters. The molecule has 0 aromatic heterocycles. The Kier molecular flexibility index (Phi) is 4.31. The standard InChI is InChI=1S/C12H16FNO/c1-3-4-10(14)7-9-5-6-12(15-2)11(13)8-9/h3,5-6,8,10H,1,4,7,14H2,2H3. The van der Waals surface area contributed by atoms with Gasteiger partial charge in [-0.3, -0.25) is 0 Å². The van der Waals surface area contributed by atoms with Crippen LogP contribution in [-0.2, 0) is 6.42 Å². The van der Waals surface area contributed by atoms with Gasteiger partial charge in [-0.15, -0.1) is 6.58 Å². The molecule has 0 heterocycles. The van der Waals surface area contributed by atoms with Crippen molar-refractivity contribution >= 4 is 0 Å². The molecule has 1 rings (SSSR count). The minimum Gasteiger partial charge on any atom is -0.494 e. The number of nitrogens with two attached hydrogens (primary N) is 1. The number of ether oxygens (including phenoxy) is 1. The summed E-state index contributed by atoms with van der Waals surface area (Å²) < 4.78 is 18.1. The van der Waals surface area contributed by atoms with E-state index < -0.39 is 0 Å². The maximum atomic E-state index is 13.3. The monoisotopic (exact) mass is 209 g/mol. The lowest BCUT2D eigenvalue weighted by Crippen LogP contribution is -2.21. The Morgan fingerprint density at radius 2 is 2.33 bits per heavy atom. The highest BCUT2D eigenvalue weighted by Gasteiger charge is 2.06. The molecule has 15 heavy (non-hydrogen) atoms. The zero-order chi connectivity index (χ0) is 11.3. The maximum absolute atomic E-state index is 13.3. The smallest absolute Gasteiger partial charge is 0.165 e. The van der Waals surface area contributed by atoms with Crippen LogP contribution in [0.3, 0.4) is 0 Å². The topological polar surface area (TPSA) is 35.2 Å². The molecule has 0 saturated carbocycles. The highest BCUT2D eigenvalue weighted by atomic mass is 19.1. The van der Waals surface area contributed by atoms with Gasteiger partial charge in [-0.05, 0) is 30.5 Å². The minimum absolute atomic E-state index is 0.00436. The zero-order valence-electron chi connectivity index (χ0n) is 8.87. The molecule has 82 valence electrons. The summed E-state index contributed by atoms with van der Waals surface area (Å²) in [5.41, 5.74) is 6.69. The summed E-state index contributed by atoms with van der Waals surface area (Å²) in [6, 6.07) is 4.90. The van der Waals surface area contributed by atoms with Gasteiger partial charge in [-0.2, -0.15) is 0 Å². The average Bonchev–Trinajstić information content (AvgIpc) is 2.18. The Hall–Kier alpha value is -1.35. The van der Waals surface area contributed by atoms with Crippen molar-refractivity contribution in [2.24, 2.45) is 5.73 Å². The second-order valence-electron chi connectivity index (χ2n) is 3.46. The quantitative estimate of drug-likeness (QED) is 0.755. The first-order valence-electron chi connectivity index (χ1n) is 4.86. The molecule has 1 aromatic carbocycles. The lowest BCUT2D eigenvalue weighted by atomic mass is 10.0. The SMILES string of the molecule is C=CCC(N)Cc1ccc(OC)c(F)c1. The summed E-state index contributed by atoms with van der Waals surface area (Å²) in [7, 11) is 1.45. The van der Waals surface area contributed by atoms with E-state index >= 15 is 0 Å². The molecular formula is C12H16FNO. The van der Waals surface area contributed by atoms with E-state index in [1.807, 2.05) is 6.07 Å². The van der Waals surface area contributed by atoms with Crippen molar-refractivity contribution in [1.29, 1.82) is 0 Å². The molecule has 2 nitrogen and oxygen atoms in total. The zero-order valence-corrected chi connectivity index (χ0v) is 8.87. The first kappa shape index (κ1) is 11.7. The van der Waals surface area contributed by atoms with Gasteiger partial charge >= 0.3 is 0 Å². The van der Waals surface area contributed by atoms with Crippen LogP contribution in [-0.4, -0.2) is 13.2 Å². The van der Waals surface area contributed by atoms with Crippen LogP contribution < -0.4 is 10.5 Å². The van der Waals surface area contributed by atoms with E-state index in [1.165, 1.54) is 13.2 Å². The summed E-state index contributed by atoms with van der Waals surface area (Å²) in [6.45, 7) is 3.61. The molecule has 0 radical (unpaired) electrons. The molecule has 0 aliphatic carbocycles. The van der Waals surface area contributed by atoms with E-state index in [2.05, 4.69) is 6.58 Å². The number of benzene rings is 1. The number of hydrogen-bond donors (Lipinski definition) is 1.